The van der Waals surface area contributed by atoms with E-state index in [-0.39, 0.29) is 18.0 Å². The molecule has 2 unspecified atom stereocenters. The molecule has 20 heavy (non-hydrogen) atoms. The molecule has 0 aliphatic heterocycles. The lowest BCUT2D eigenvalue weighted by Crippen LogP contribution is -2.31. The number of hydrogen-bond donors (Lipinski definition) is 3. The van der Waals surface area contributed by atoms with Crippen LogP contribution < -0.4 is 16.4 Å². The van der Waals surface area contributed by atoms with Gasteiger partial charge >= 0.3 is 0 Å². The summed E-state index contributed by atoms with van der Waals surface area (Å²) in [5, 5.41) is 6.38. The van der Waals surface area contributed by atoms with E-state index in [9.17, 15) is 4.79 Å². The van der Waals surface area contributed by atoms with Crippen molar-refractivity contribution in [1.82, 2.24) is 10.6 Å². The number of nitrogens with two attached hydrogens (primary N) is 1. The number of nitrogens with one attached hydrogen (secondary N) is 2. The fraction of sp³-hybridized carbons (Fsp3) is 0.562. The van der Waals surface area contributed by atoms with E-state index < -0.39 is 0 Å². The normalized spacial score (nSPS) is 21.0. The molecule has 0 heterocycles. The molecule has 2 atom stereocenters. The predicted octanol–water partition coefficient (Wildman–Crippen LogP) is 1.88. The number of hydrogen-bond acceptors (Lipinski definition) is 3. The van der Waals surface area contributed by atoms with Gasteiger partial charge in [-0.05, 0) is 23.5 Å². The highest BCUT2D eigenvalue weighted by Gasteiger charge is 2.27. The number of amides is 1. The van der Waals surface area contributed by atoms with E-state index >= 15 is 0 Å². The van der Waals surface area contributed by atoms with Crippen LogP contribution in [0.4, 0.5) is 0 Å². The average Bonchev–Trinajstić information content (AvgIpc) is 2.74. The summed E-state index contributed by atoms with van der Waals surface area (Å²) in [5.74, 6) is 0.605. The van der Waals surface area contributed by atoms with Crippen LogP contribution in [0.25, 0.3) is 0 Å². The van der Waals surface area contributed by atoms with E-state index in [0.717, 1.165) is 13.0 Å². The number of fused-ring (bicyclic) bond motifs is 1. The Morgan fingerprint density at radius 3 is 2.75 bits per heavy atom. The molecule has 1 aliphatic rings. The molecular weight excluding hydrogens is 250 g/mol. The number of rotatable bonds is 6. The first-order valence-electron chi connectivity index (χ1n) is 7.42. The monoisotopic (exact) mass is 275 g/mol. The van der Waals surface area contributed by atoms with E-state index in [1.54, 1.807) is 0 Å². The number of benzene rings is 1. The van der Waals surface area contributed by atoms with Crippen molar-refractivity contribution in [3.05, 3.63) is 35.4 Å². The summed E-state index contributed by atoms with van der Waals surface area (Å²) in [4.78, 5) is 11.7. The van der Waals surface area contributed by atoms with E-state index in [4.69, 9.17) is 5.73 Å². The highest BCUT2D eigenvalue weighted by atomic mass is 16.1. The Kier molecular flexibility index (Phi) is 5.15. The lowest BCUT2D eigenvalue weighted by Gasteiger charge is -2.14. The fourth-order valence-corrected chi connectivity index (χ4v) is 2.63. The van der Waals surface area contributed by atoms with Crippen LogP contribution in [0, 0.1) is 5.92 Å². The largest absolute Gasteiger partial charge is 0.356 e. The second-order valence-electron chi connectivity index (χ2n) is 5.93. The van der Waals surface area contributed by atoms with Crippen molar-refractivity contribution in [2.75, 3.05) is 13.1 Å². The maximum atomic E-state index is 11.7. The van der Waals surface area contributed by atoms with Crippen molar-refractivity contribution in [3.63, 3.8) is 0 Å². The maximum absolute atomic E-state index is 11.7. The van der Waals surface area contributed by atoms with E-state index in [2.05, 4.69) is 36.6 Å². The van der Waals surface area contributed by atoms with Crippen molar-refractivity contribution in [3.8, 4) is 0 Å². The van der Waals surface area contributed by atoms with Gasteiger partial charge in [-0.25, -0.2) is 0 Å². The molecule has 1 amide bonds. The zero-order chi connectivity index (χ0) is 14.5. The van der Waals surface area contributed by atoms with Crippen LogP contribution in [0.5, 0.6) is 0 Å². The van der Waals surface area contributed by atoms with Crippen LogP contribution >= 0.6 is 0 Å². The predicted molar refractivity (Wildman–Crippen MR) is 81.2 cm³/mol. The molecular formula is C16H25N3O. The molecule has 0 saturated carbocycles. The third kappa shape index (κ3) is 3.81. The average molecular weight is 275 g/mol. The topological polar surface area (TPSA) is 67.2 Å². The molecule has 0 saturated heterocycles. The maximum Gasteiger partial charge on any atom is 0.221 e. The molecule has 2 rings (SSSR count). The van der Waals surface area contributed by atoms with Crippen LogP contribution in [-0.4, -0.2) is 19.0 Å². The Labute approximate surface area is 121 Å². The third-order valence-corrected chi connectivity index (χ3v) is 3.71. The molecule has 1 aliphatic carbocycles. The van der Waals surface area contributed by atoms with Gasteiger partial charge in [0.05, 0.1) is 0 Å². The Hall–Kier alpha value is -1.39. The van der Waals surface area contributed by atoms with Gasteiger partial charge in [0.25, 0.3) is 0 Å². The number of carbonyl (C=O) groups excluding carboxylic acids is 1. The van der Waals surface area contributed by atoms with Gasteiger partial charge in [0, 0.05) is 31.6 Å². The van der Waals surface area contributed by atoms with Gasteiger partial charge in [0.15, 0.2) is 0 Å². The SMILES string of the molecule is CC(C)CNC(=O)CCNC1CC(N)c2ccccc21. The van der Waals surface area contributed by atoms with Gasteiger partial charge in [-0.3, -0.25) is 4.79 Å². The highest BCUT2D eigenvalue weighted by Crippen LogP contribution is 2.36. The highest BCUT2D eigenvalue weighted by molar-refractivity contribution is 5.76. The summed E-state index contributed by atoms with van der Waals surface area (Å²) in [6, 6.07) is 8.68. The first-order valence-corrected chi connectivity index (χ1v) is 7.42. The van der Waals surface area contributed by atoms with Gasteiger partial charge < -0.3 is 16.4 Å². The van der Waals surface area contributed by atoms with Crippen LogP contribution in [0.2, 0.25) is 0 Å². The minimum Gasteiger partial charge on any atom is -0.356 e. The molecule has 110 valence electrons. The molecule has 4 N–H and O–H groups in total. The fourth-order valence-electron chi connectivity index (χ4n) is 2.63. The van der Waals surface area contributed by atoms with Gasteiger partial charge in [0.2, 0.25) is 5.91 Å². The minimum atomic E-state index is 0.110. The lowest BCUT2D eigenvalue weighted by molar-refractivity contribution is -0.121. The second kappa shape index (κ2) is 6.86. The van der Waals surface area contributed by atoms with Crippen LogP contribution in [-0.2, 0) is 4.79 Å². The first-order chi connectivity index (χ1) is 9.58. The molecule has 1 aromatic carbocycles. The molecule has 4 nitrogen and oxygen atoms in total. The van der Waals surface area contributed by atoms with E-state index in [0.29, 0.717) is 18.9 Å². The minimum absolute atomic E-state index is 0.110. The molecule has 0 radical (unpaired) electrons. The summed E-state index contributed by atoms with van der Waals surface area (Å²) < 4.78 is 0. The molecule has 0 aromatic heterocycles. The van der Waals surface area contributed by atoms with Gasteiger partial charge in [0.1, 0.15) is 0 Å². The Balaban J connectivity index is 1.77. The quantitative estimate of drug-likeness (QED) is 0.742. The second-order valence-corrected chi connectivity index (χ2v) is 5.93. The Morgan fingerprint density at radius 1 is 1.35 bits per heavy atom. The van der Waals surface area contributed by atoms with Crippen molar-refractivity contribution in [2.24, 2.45) is 11.7 Å². The van der Waals surface area contributed by atoms with Crippen molar-refractivity contribution >= 4 is 5.91 Å². The molecule has 4 heteroatoms. The third-order valence-electron chi connectivity index (χ3n) is 3.71. The van der Waals surface area contributed by atoms with Crippen LogP contribution in [0.15, 0.2) is 24.3 Å². The zero-order valence-corrected chi connectivity index (χ0v) is 12.4. The van der Waals surface area contributed by atoms with Gasteiger partial charge in [-0.2, -0.15) is 0 Å². The van der Waals surface area contributed by atoms with E-state index in [1.165, 1.54) is 11.1 Å². The molecule has 1 aromatic rings. The summed E-state index contributed by atoms with van der Waals surface area (Å²) in [7, 11) is 0. The summed E-state index contributed by atoms with van der Waals surface area (Å²) in [5.41, 5.74) is 8.64. The lowest BCUT2D eigenvalue weighted by atomic mass is 10.1. The molecule has 0 bridgehead atoms. The zero-order valence-electron chi connectivity index (χ0n) is 12.4. The van der Waals surface area contributed by atoms with Crippen LogP contribution in [0.1, 0.15) is 49.9 Å². The van der Waals surface area contributed by atoms with Crippen molar-refractivity contribution in [1.29, 1.82) is 0 Å². The van der Waals surface area contributed by atoms with Crippen LogP contribution in [0.3, 0.4) is 0 Å². The molecule has 0 fully saturated rings. The smallest absolute Gasteiger partial charge is 0.221 e. The standard InChI is InChI=1S/C16H25N3O/c1-11(2)10-19-16(20)7-8-18-15-9-14(17)12-5-3-4-6-13(12)15/h3-6,11,14-15,18H,7-10,17H2,1-2H3,(H,19,20). The Bertz CT molecular complexity index is 459. The van der Waals surface area contributed by atoms with Crippen molar-refractivity contribution < 1.29 is 4.79 Å². The number of carbonyl (C=O) groups is 1. The van der Waals surface area contributed by atoms with Gasteiger partial charge in [-0.1, -0.05) is 38.1 Å². The van der Waals surface area contributed by atoms with Gasteiger partial charge in [-0.15, -0.1) is 0 Å². The molecule has 0 spiro atoms. The summed E-state index contributed by atoms with van der Waals surface area (Å²) >= 11 is 0. The first kappa shape index (κ1) is 15.0. The van der Waals surface area contributed by atoms with Crippen molar-refractivity contribution in [2.45, 2.75) is 38.8 Å². The van der Waals surface area contributed by atoms with E-state index in [1.807, 2.05) is 12.1 Å². The Morgan fingerprint density at radius 2 is 2.05 bits per heavy atom. The summed E-state index contributed by atoms with van der Waals surface area (Å²) in [6.45, 7) is 5.62. The summed E-state index contributed by atoms with van der Waals surface area (Å²) in [6.07, 6.45) is 1.42.